The molecule has 0 aromatic rings. The molecule has 0 aromatic heterocycles. The van der Waals surface area contributed by atoms with E-state index in [9.17, 15) is 0 Å². The van der Waals surface area contributed by atoms with E-state index in [-0.39, 0.29) is 0 Å². The monoisotopic (exact) mass is 516 g/mol. The van der Waals surface area contributed by atoms with Crippen molar-refractivity contribution >= 4 is 18.4 Å². The van der Waals surface area contributed by atoms with Crippen LogP contribution in [0.2, 0.25) is 13.3 Å². The van der Waals surface area contributed by atoms with Gasteiger partial charge < -0.3 is 0 Å². The molecule has 0 spiro atoms. The Morgan fingerprint density at radius 3 is 1.86 bits per heavy atom. The maximum absolute atomic E-state index is 5.61. The molecule has 0 aliphatic carbocycles. The van der Waals surface area contributed by atoms with E-state index in [1.54, 1.807) is 10.7 Å². The second-order valence-electron chi connectivity index (χ2n) is 8.69. The summed E-state index contributed by atoms with van der Waals surface area (Å²) in [6.45, 7) is 10.6. The Bertz CT molecular complexity index is 391. The second-order valence-corrected chi connectivity index (χ2v) is 22.0. The molecule has 0 bridgehead atoms. The van der Waals surface area contributed by atoms with E-state index in [2.05, 4.69) is 39.5 Å². The van der Waals surface area contributed by atoms with Crippen LogP contribution in [0.3, 0.4) is 0 Å². The Morgan fingerprint density at radius 1 is 0.759 bits per heavy atom. The summed E-state index contributed by atoms with van der Waals surface area (Å²) in [5.41, 5.74) is 3.95. The average molecular weight is 515 g/mol. The van der Waals surface area contributed by atoms with Crippen molar-refractivity contribution in [3.05, 3.63) is 15.4 Å². The zero-order chi connectivity index (χ0) is 21.6. The third kappa shape index (κ3) is 14.8. The van der Waals surface area contributed by atoms with Crippen molar-refractivity contribution in [1.29, 1.82) is 0 Å². The fourth-order valence-corrected chi connectivity index (χ4v) is 21.0. The van der Waals surface area contributed by atoms with Gasteiger partial charge in [0, 0.05) is 0 Å². The van der Waals surface area contributed by atoms with E-state index < -0.39 is 18.4 Å². The van der Waals surface area contributed by atoms with E-state index in [0.717, 1.165) is 13.0 Å². The van der Waals surface area contributed by atoms with Crippen LogP contribution in [-0.4, -0.2) is 38.9 Å². The summed E-state index contributed by atoms with van der Waals surface area (Å²) < 4.78 is 17.1. The van der Waals surface area contributed by atoms with E-state index in [0.29, 0.717) is 6.79 Å². The summed E-state index contributed by atoms with van der Waals surface area (Å²) >= 11 is -2.36. The maximum atomic E-state index is 5.61. The Kier molecular flexibility index (Phi) is 21.6. The third-order valence-corrected chi connectivity index (χ3v) is 22.1. The first-order valence-corrected chi connectivity index (χ1v) is 20.2. The summed E-state index contributed by atoms with van der Waals surface area (Å²) in [6, 6.07) is 0. The molecule has 3 heteroatoms. The van der Waals surface area contributed by atoms with E-state index in [4.69, 9.17) is 9.47 Å². The number of methoxy groups -OCH3 is 1. The standard InChI is InChI=1S/C14H25O2.3C4H9.Sn/c1-3-4-5-6-7-8-9-10-11-12-13-16-14-15-2;3*1-3-4-2;/h8H,3-7,11-14H2,1-2H3;3*1,3-4H2,2H3;. The molecule has 0 heterocycles. The molecule has 0 rings (SSSR count). The van der Waals surface area contributed by atoms with Crippen LogP contribution in [0.5, 0.6) is 0 Å². The van der Waals surface area contributed by atoms with Crippen LogP contribution in [0.15, 0.2) is 15.4 Å². The first-order valence-electron chi connectivity index (χ1n) is 12.7. The molecule has 172 valence electrons. The van der Waals surface area contributed by atoms with Gasteiger partial charge in [-0.25, -0.2) is 0 Å². The summed E-state index contributed by atoms with van der Waals surface area (Å²) in [7, 11) is 1.70. The van der Waals surface area contributed by atoms with E-state index >= 15 is 0 Å². The zero-order valence-electron chi connectivity index (χ0n) is 20.6. The van der Waals surface area contributed by atoms with Crippen LogP contribution in [0.4, 0.5) is 0 Å². The van der Waals surface area contributed by atoms with Gasteiger partial charge in [-0.2, -0.15) is 0 Å². The Labute approximate surface area is 187 Å². The predicted molar refractivity (Wildman–Crippen MR) is 132 cm³/mol. The summed E-state index contributed by atoms with van der Waals surface area (Å²) in [4.78, 5) is 0. The van der Waals surface area contributed by atoms with Crippen LogP contribution in [-0.2, 0) is 9.47 Å². The number of unbranched alkanes of at least 4 members (excludes halogenated alkanes) is 7. The van der Waals surface area contributed by atoms with Crippen molar-refractivity contribution in [3.8, 4) is 0 Å². The molecule has 0 unspecified atom stereocenters. The molecule has 0 amide bonds. The quantitative estimate of drug-likeness (QED) is 0.0658. The average Bonchev–Trinajstić information content (AvgIpc) is 2.74. The molecule has 0 aromatic carbocycles. The number of rotatable bonds is 21. The number of hydrogen-bond acceptors (Lipinski definition) is 2. The molecule has 2 nitrogen and oxygen atoms in total. The molecule has 0 atom stereocenters. The van der Waals surface area contributed by atoms with Gasteiger partial charge in [-0.3, -0.25) is 0 Å². The van der Waals surface area contributed by atoms with Crippen molar-refractivity contribution in [3.63, 3.8) is 0 Å². The Balaban J connectivity index is 5.45. The van der Waals surface area contributed by atoms with Crippen LogP contribution in [0, 0.1) is 0 Å². The predicted octanol–water partition coefficient (Wildman–Crippen LogP) is 8.83. The van der Waals surface area contributed by atoms with Gasteiger partial charge in [-0.15, -0.1) is 0 Å². The molecular weight excluding hydrogens is 463 g/mol. The summed E-state index contributed by atoms with van der Waals surface area (Å²) in [6.07, 6.45) is 19.6. The van der Waals surface area contributed by atoms with Gasteiger partial charge in [0.15, 0.2) is 0 Å². The topological polar surface area (TPSA) is 18.5 Å². The molecule has 0 radical (unpaired) electrons. The van der Waals surface area contributed by atoms with Gasteiger partial charge in [0.1, 0.15) is 0 Å². The van der Waals surface area contributed by atoms with Crippen molar-refractivity contribution in [2.45, 2.75) is 124 Å². The third-order valence-electron chi connectivity index (χ3n) is 6.06. The fraction of sp³-hybridized carbons (Fsp3) is 0.885. The van der Waals surface area contributed by atoms with Gasteiger partial charge in [0.2, 0.25) is 0 Å². The van der Waals surface area contributed by atoms with Crippen molar-refractivity contribution in [2.24, 2.45) is 0 Å². The number of hydrogen-bond donors (Lipinski definition) is 0. The van der Waals surface area contributed by atoms with E-state index in [1.165, 1.54) is 90.4 Å². The molecule has 0 aliphatic heterocycles. The zero-order valence-corrected chi connectivity index (χ0v) is 23.5. The minimum absolute atomic E-state index is 0.419. The van der Waals surface area contributed by atoms with Crippen LogP contribution in [0.1, 0.15) is 111 Å². The van der Waals surface area contributed by atoms with Gasteiger partial charge >= 0.3 is 188 Å². The molecule has 0 saturated heterocycles. The number of ether oxygens (including phenoxy) is 2. The molecule has 0 saturated carbocycles. The number of allylic oxidation sites excluding steroid dienone is 1. The van der Waals surface area contributed by atoms with Crippen molar-refractivity contribution in [1.82, 2.24) is 0 Å². The molecular formula is C26H52O2Sn. The van der Waals surface area contributed by atoms with E-state index in [1.807, 2.05) is 0 Å². The van der Waals surface area contributed by atoms with Gasteiger partial charge in [0.05, 0.1) is 0 Å². The molecule has 0 fully saturated rings. The van der Waals surface area contributed by atoms with Crippen LogP contribution >= 0.6 is 0 Å². The van der Waals surface area contributed by atoms with Gasteiger partial charge in [0.25, 0.3) is 0 Å². The van der Waals surface area contributed by atoms with Crippen molar-refractivity contribution < 1.29 is 9.47 Å². The Morgan fingerprint density at radius 2 is 1.34 bits per heavy atom. The first kappa shape index (κ1) is 29.2. The van der Waals surface area contributed by atoms with Gasteiger partial charge in [-0.05, 0) is 0 Å². The summed E-state index contributed by atoms with van der Waals surface area (Å²) in [5, 5.41) is 0. The second kappa shape index (κ2) is 21.5. The first-order chi connectivity index (χ1) is 14.2. The van der Waals surface area contributed by atoms with Crippen molar-refractivity contribution in [2.75, 3.05) is 20.5 Å². The molecule has 0 N–H and O–H groups in total. The SMILES string of the molecule is CCCCCCC=C=[C](CCCOCOC)[Sn]([CH2]CCC)([CH2]CCC)[CH2]CCC. The molecule has 29 heavy (non-hydrogen) atoms. The molecule has 0 aliphatic rings. The summed E-state index contributed by atoms with van der Waals surface area (Å²) in [5.74, 6) is 0. The van der Waals surface area contributed by atoms with Crippen LogP contribution in [0.25, 0.3) is 0 Å². The van der Waals surface area contributed by atoms with Crippen LogP contribution < -0.4 is 0 Å². The van der Waals surface area contributed by atoms with Gasteiger partial charge in [-0.1, -0.05) is 0 Å². The normalized spacial score (nSPS) is 11.5. The Hall–Kier alpha value is 0.239. The minimum atomic E-state index is -2.36. The fourth-order valence-electron chi connectivity index (χ4n) is 4.23.